The number of alkyl carbamates (subject to hydrolysis) is 1. The molecular weight excluding hydrogens is 542 g/mol. The number of hydrogen-bond acceptors (Lipinski definition) is 3. The molecule has 0 heterocycles. The van der Waals surface area contributed by atoms with Gasteiger partial charge in [-0.25, -0.2) is 4.79 Å². The number of nitrogens with one attached hydrogen (secondary N) is 1. The molecule has 0 aliphatic carbocycles. The third kappa shape index (κ3) is 8.68. The first-order valence-electron chi connectivity index (χ1n) is 12.3. The van der Waals surface area contributed by atoms with Crippen molar-refractivity contribution in [3.8, 4) is 0 Å². The lowest BCUT2D eigenvalue weighted by molar-refractivity contribution is -0.118. The van der Waals surface area contributed by atoms with E-state index in [1.165, 1.54) is 0 Å². The topological polar surface area (TPSA) is 81.4 Å². The standard InChI is InChI=1S/C29H27N2O3P.BF4/c30-27(32)21-28(31-29(33)34-22-23-13-5-1-6-14-23)35(24-15-7-2-8-16-24,25-17-9-3-10-18-25)26-19-11-4-12-20-26;2-1(3,4)5/h1-20,28H,21-22H2,(H2-,30,31,32,33);/q;-1/p+1/t28-;/m0./s1. The Morgan fingerprint density at radius 2 is 1.05 bits per heavy atom. The molecule has 0 unspecified atom stereocenters. The molecular formula is C29H28BF4N2O3P. The highest BCUT2D eigenvalue weighted by Crippen LogP contribution is 2.59. The number of primary amides is 1. The van der Waals surface area contributed by atoms with Gasteiger partial charge in [0.1, 0.15) is 29.8 Å². The van der Waals surface area contributed by atoms with Crippen molar-refractivity contribution in [2.24, 2.45) is 5.73 Å². The SMILES string of the molecule is F[B-](F)(F)F.NC(=O)C[C@@H](NC(=O)OCc1ccccc1)[P+](c1ccccc1)(c1ccccc1)c1ccccc1. The molecule has 11 heteroatoms. The highest BCUT2D eigenvalue weighted by atomic mass is 31.2. The second-order valence-corrected chi connectivity index (χ2v) is 12.2. The fourth-order valence-corrected chi connectivity index (χ4v) is 9.01. The molecule has 0 saturated carbocycles. The number of carbonyl (C=O) groups excluding carboxylic acids is 2. The van der Waals surface area contributed by atoms with Crippen molar-refractivity contribution >= 4 is 42.4 Å². The minimum Gasteiger partial charge on any atom is -0.445 e. The third-order valence-electron chi connectivity index (χ3n) is 5.85. The predicted octanol–water partition coefficient (Wildman–Crippen LogP) is 5.41. The van der Waals surface area contributed by atoms with Crippen molar-refractivity contribution in [3.63, 3.8) is 0 Å². The van der Waals surface area contributed by atoms with Crippen LogP contribution in [0.3, 0.4) is 0 Å². The van der Waals surface area contributed by atoms with Crippen molar-refractivity contribution in [1.29, 1.82) is 0 Å². The van der Waals surface area contributed by atoms with E-state index in [1.807, 2.05) is 84.9 Å². The van der Waals surface area contributed by atoms with Gasteiger partial charge in [-0.15, -0.1) is 0 Å². The van der Waals surface area contributed by atoms with E-state index in [-0.39, 0.29) is 13.0 Å². The highest BCUT2D eigenvalue weighted by Gasteiger charge is 2.53. The Labute approximate surface area is 230 Å². The van der Waals surface area contributed by atoms with Crippen LogP contribution in [0, 0.1) is 0 Å². The van der Waals surface area contributed by atoms with Crippen LogP contribution in [0.1, 0.15) is 12.0 Å². The molecule has 0 radical (unpaired) electrons. The van der Waals surface area contributed by atoms with Crippen LogP contribution in [0.2, 0.25) is 0 Å². The van der Waals surface area contributed by atoms with E-state index < -0.39 is 32.3 Å². The monoisotopic (exact) mass is 570 g/mol. The minimum atomic E-state index is -6.00. The number of hydrogen-bond donors (Lipinski definition) is 2. The zero-order valence-electron chi connectivity index (χ0n) is 21.4. The maximum Gasteiger partial charge on any atom is 0.673 e. The van der Waals surface area contributed by atoms with Gasteiger partial charge in [-0.3, -0.25) is 10.1 Å². The van der Waals surface area contributed by atoms with Gasteiger partial charge in [0.15, 0.2) is 5.78 Å². The van der Waals surface area contributed by atoms with Gasteiger partial charge >= 0.3 is 13.3 Å². The first kappa shape index (κ1) is 30.4. The Balaban J connectivity index is 0.000000810. The number of halogens is 4. The Morgan fingerprint density at radius 3 is 1.40 bits per heavy atom. The number of nitrogens with two attached hydrogens (primary N) is 1. The minimum absolute atomic E-state index is 0.0348. The van der Waals surface area contributed by atoms with Crippen molar-refractivity contribution in [2.45, 2.75) is 18.8 Å². The number of carbonyl (C=O) groups is 2. The molecule has 0 saturated heterocycles. The molecule has 4 aromatic rings. The van der Waals surface area contributed by atoms with Crippen LogP contribution in [0.4, 0.5) is 22.1 Å². The van der Waals surface area contributed by atoms with E-state index in [4.69, 9.17) is 10.5 Å². The molecule has 2 amide bonds. The van der Waals surface area contributed by atoms with E-state index >= 15 is 0 Å². The lowest BCUT2D eigenvalue weighted by atomic mass is 10.2. The lowest BCUT2D eigenvalue weighted by Gasteiger charge is -2.34. The van der Waals surface area contributed by atoms with E-state index in [9.17, 15) is 26.9 Å². The van der Waals surface area contributed by atoms with Gasteiger partial charge in [-0.2, -0.15) is 0 Å². The van der Waals surface area contributed by atoms with Gasteiger partial charge in [0.2, 0.25) is 5.91 Å². The number of amides is 2. The summed E-state index contributed by atoms with van der Waals surface area (Å²) < 4.78 is 44.6. The first-order valence-corrected chi connectivity index (χ1v) is 14.1. The van der Waals surface area contributed by atoms with Crippen LogP contribution in [-0.4, -0.2) is 25.0 Å². The van der Waals surface area contributed by atoms with Gasteiger partial charge in [0.05, 0.1) is 6.42 Å². The fourth-order valence-electron chi connectivity index (χ4n) is 4.35. The molecule has 1 atom stereocenters. The lowest BCUT2D eigenvalue weighted by Crippen LogP contribution is -2.49. The van der Waals surface area contributed by atoms with Crippen LogP contribution in [0.25, 0.3) is 0 Å². The maximum atomic E-state index is 13.1. The number of ether oxygens (including phenoxy) is 1. The van der Waals surface area contributed by atoms with Gasteiger partial charge < -0.3 is 27.7 Å². The second-order valence-electron chi connectivity index (χ2n) is 8.62. The van der Waals surface area contributed by atoms with Crippen LogP contribution >= 0.6 is 7.26 Å². The largest absolute Gasteiger partial charge is 0.673 e. The molecule has 0 fully saturated rings. The molecule has 40 heavy (non-hydrogen) atoms. The molecule has 208 valence electrons. The number of rotatable bonds is 9. The molecule has 5 nitrogen and oxygen atoms in total. The van der Waals surface area contributed by atoms with Crippen molar-refractivity contribution in [1.82, 2.24) is 5.32 Å². The van der Waals surface area contributed by atoms with E-state index in [0.717, 1.165) is 21.5 Å². The van der Waals surface area contributed by atoms with Crippen molar-refractivity contribution in [2.75, 3.05) is 0 Å². The summed E-state index contributed by atoms with van der Waals surface area (Å²) in [5, 5.41) is 6.15. The maximum absolute atomic E-state index is 13.1. The van der Waals surface area contributed by atoms with E-state index in [1.54, 1.807) is 0 Å². The fraction of sp³-hybridized carbons (Fsp3) is 0.103. The van der Waals surface area contributed by atoms with Crippen LogP contribution < -0.4 is 27.0 Å². The van der Waals surface area contributed by atoms with E-state index in [2.05, 4.69) is 41.7 Å². The Bertz CT molecular complexity index is 1250. The molecule has 0 spiro atoms. The Morgan fingerprint density at radius 1 is 0.700 bits per heavy atom. The first-order chi connectivity index (χ1) is 19.1. The predicted molar refractivity (Wildman–Crippen MR) is 153 cm³/mol. The summed E-state index contributed by atoms with van der Waals surface area (Å²) in [5.74, 6) is -1.10. The summed E-state index contributed by atoms with van der Waals surface area (Å²) >= 11 is 0. The Kier molecular flexibility index (Phi) is 10.8. The molecule has 3 N–H and O–H groups in total. The van der Waals surface area contributed by atoms with Gasteiger partial charge in [-0.1, -0.05) is 84.9 Å². The Hall–Kier alpha value is -4.17. The summed E-state index contributed by atoms with van der Waals surface area (Å²) in [5.41, 5.74) is 6.63. The summed E-state index contributed by atoms with van der Waals surface area (Å²) in [6.45, 7) is 0.128. The summed E-state index contributed by atoms with van der Waals surface area (Å²) in [4.78, 5) is 25.4. The third-order valence-corrected chi connectivity index (χ3v) is 10.4. The summed E-state index contributed by atoms with van der Waals surface area (Å²) in [6, 6.07) is 39.5. The molecule has 4 rings (SSSR count). The van der Waals surface area contributed by atoms with Crippen LogP contribution in [-0.2, 0) is 16.1 Å². The average Bonchev–Trinajstić information content (AvgIpc) is 2.93. The zero-order valence-corrected chi connectivity index (χ0v) is 22.3. The van der Waals surface area contributed by atoms with Crippen LogP contribution in [0.15, 0.2) is 121 Å². The molecule has 0 bridgehead atoms. The van der Waals surface area contributed by atoms with Crippen molar-refractivity contribution in [3.05, 3.63) is 127 Å². The van der Waals surface area contributed by atoms with Crippen molar-refractivity contribution < 1.29 is 31.6 Å². The normalized spacial score (nSPS) is 11.9. The van der Waals surface area contributed by atoms with Gasteiger partial charge in [0, 0.05) is 0 Å². The van der Waals surface area contributed by atoms with Gasteiger partial charge in [-0.05, 0) is 42.0 Å². The van der Waals surface area contributed by atoms with Crippen LogP contribution in [0.5, 0.6) is 0 Å². The van der Waals surface area contributed by atoms with E-state index in [0.29, 0.717) is 0 Å². The summed E-state index contributed by atoms with van der Waals surface area (Å²) in [7, 11) is -8.58. The van der Waals surface area contributed by atoms with Gasteiger partial charge in [0.25, 0.3) is 0 Å². The zero-order chi connectivity index (χ0) is 29.0. The molecule has 0 aliphatic rings. The molecule has 0 aromatic heterocycles. The quantitative estimate of drug-likeness (QED) is 0.161. The highest BCUT2D eigenvalue weighted by molar-refractivity contribution is 7.96. The summed E-state index contributed by atoms with van der Waals surface area (Å²) in [6.07, 6.45) is -0.625. The smallest absolute Gasteiger partial charge is 0.445 e. The second kappa shape index (κ2) is 14.3. The number of benzene rings is 4. The molecule has 0 aliphatic heterocycles. The average molecular weight is 570 g/mol. The molecule has 4 aromatic carbocycles.